The van der Waals surface area contributed by atoms with Crippen LogP contribution < -0.4 is 15.8 Å². The van der Waals surface area contributed by atoms with Crippen molar-refractivity contribution in [1.29, 1.82) is 0 Å². The van der Waals surface area contributed by atoms with Gasteiger partial charge in [0.15, 0.2) is 11.7 Å². The van der Waals surface area contributed by atoms with Crippen molar-refractivity contribution in [1.82, 2.24) is 4.98 Å². The topological polar surface area (TPSA) is 72.5 Å². The number of aromatic nitrogens is 1. The Morgan fingerprint density at radius 3 is 2.58 bits per heavy atom. The van der Waals surface area contributed by atoms with E-state index in [0.29, 0.717) is 5.15 Å². The van der Waals surface area contributed by atoms with E-state index in [1.165, 1.54) is 24.4 Å². The highest BCUT2D eigenvalue weighted by Crippen LogP contribution is 2.29. The molecule has 24 heavy (non-hydrogen) atoms. The second-order valence-electron chi connectivity index (χ2n) is 4.36. The first kappa shape index (κ1) is 20.3. The van der Waals surface area contributed by atoms with Crippen LogP contribution in [-0.4, -0.2) is 17.3 Å². The van der Waals surface area contributed by atoms with Gasteiger partial charge < -0.3 is 15.8 Å². The molecule has 2 rings (SSSR count). The summed E-state index contributed by atoms with van der Waals surface area (Å²) in [4.78, 5) is 7.91. The molecule has 0 unspecified atom stereocenters. The van der Waals surface area contributed by atoms with E-state index in [0.717, 1.165) is 5.56 Å². The summed E-state index contributed by atoms with van der Waals surface area (Å²) in [7, 11) is 0. The van der Waals surface area contributed by atoms with Crippen LogP contribution in [-0.2, 0) is 6.54 Å². The summed E-state index contributed by atoms with van der Waals surface area (Å²) in [5.41, 5.74) is 6.48. The van der Waals surface area contributed by atoms with Gasteiger partial charge >= 0.3 is 6.36 Å². The number of para-hydroxylation sites is 2. The lowest BCUT2D eigenvalue weighted by Crippen LogP contribution is -2.24. The van der Waals surface area contributed by atoms with E-state index in [1.54, 1.807) is 18.2 Å². The van der Waals surface area contributed by atoms with Crippen molar-refractivity contribution >= 4 is 47.2 Å². The normalized spacial score (nSPS) is 11.6. The zero-order valence-electron chi connectivity index (χ0n) is 12.0. The van der Waals surface area contributed by atoms with Crippen LogP contribution in [0.15, 0.2) is 47.6 Å². The van der Waals surface area contributed by atoms with E-state index < -0.39 is 12.1 Å². The van der Waals surface area contributed by atoms with E-state index in [1.807, 2.05) is 0 Å². The Bertz CT molecular complexity index is 695. The lowest BCUT2D eigenvalue weighted by atomic mass is 10.3. The predicted octanol–water partition coefficient (Wildman–Crippen LogP) is 4.18. The Labute approximate surface area is 158 Å². The van der Waals surface area contributed by atoms with E-state index in [-0.39, 0.29) is 42.2 Å². The number of aliphatic imine (C=N–C) groups is 1. The van der Waals surface area contributed by atoms with Gasteiger partial charge in [0, 0.05) is 6.20 Å². The number of benzene rings is 1. The van der Waals surface area contributed by atoms with Crippen LogP contribution in [0.2, 0.25) is 5.15 Å². The quantitative estimate of drug-likeness (QED) is 0.303. The molecule has 0 aliphatic carbocycles. The van der Waals surface area contributed by atoms with Gasteiger partial charge in [0.25, 0.3) is 0 Å². The number of ether oxygens (including phenoxy) is 1. The third kappa shape index (κ3) is 6.79. The third-order valence-corrected chi connectivity index (χ3v) is 2.82. The first-order chi connectivity index (χ1) is 10.8. The minimum Gasteiger partial charge on any atom is -0.404 e. The molecule has 0 atom stereocenters. The molecule has 1 aromatic carbocycles. The predicted molar refractivity (Wildman–Crippen MR) is 96.7 cm³/mol. The molecule has 1 aromatic heterocycles. The molecule has 1 heterocycles. The SMILES string of the molecule is I.NC(=NCc1ccc(Cl)nc1)Nc1ccccc1OC(F)(F)F. The smallest absolute Gasteiger partial charge is 0.404 e. The molecule has 0 bridgehead atoms. The third-order valence-electron chi connectivity index (χ3n) is 2.60. The largest absolute Gasteiger partial charge is 0.573 e. The number of halogens is 5. The van der Waals surface area contributed by atoms with Crippen molar-refractivity contribution in [3.63, 3.8) is 0 Å². The average molecular weight is 473 g/mol. The van der Waals surface area contributed by atoms with Crippen LogP contribution in [0.4, 0.5) is 18.9 Å². The average Bonchev–Trinajstić information content (AvgIpc) is 2.47. The number of hydrogen-bond donors (Lipinski definition) is 2. The number of nitrogens with two attached hydrogens (primary N) is 1. The van der Waals surface area contributed by atoms with Gasteiger partial charge in [-0.15, -0.1) is 37.1 Å². The molecule has 0 aliphatic heterocycles. The lowest BCUT2D eigenvalue weighted by Gasteiger charge is -2.14. The Morgan fingerprint density at radius 1 is 1.25 bits per heavy atom. The first-order valence-electron chi connectivity index (χ1n) is 6.35. The standard InChI is InChI=1S/C14H12ClF3N4O.HI/c15-12-6-5-9(7-20-12)8-21-13(19)22-10-3-1-2-4-11(10)23-14(16,17)18;/h1-7H,8H2,(H3,19,21,22);1H. The number of anilines is 1. The van der Waals surface area contributed by atoms with Crippen molar-refractivity contribution in [3.05, 3.63) is 53.3 Å². The van der Waals surface area contributed by atoms with Gasteiger partial charge in [-0.1, -0.05) is 29.8 Å². The minimum absolute atomic E-state index is 0. The molecule has 0 saturated heterocycles. The molecule has 10 heteroatoms. The van der Waals surface area contributed by atoms with Crippen LogP contribution >= 0.6 is 35.6 Å². The maximum absolute atomic E-state index is 12.3. The number of guanidine groups is 1. The van der Waals surface area contributed by atoms with E-state index >= 15 is 0 Å². The zero-order chi connectivity index (χ0) is 16.9. The zero-order valence-corrected chi connectivity index (χ0v) is 15.1. The fourth-order valence-corrected chi connectivity index (χ4v) is 1.75. The van der Waals surface area contributed by atoms with Crippen LogP contribution in [0.1, 0.15) is 5.56 Å². The van der Waals surface area contributed by atoms with Gasteiger partial charge in [0.2, 0.25) is 0 Å². The summed E-state index contributed by atoms with van der Waals surface area (Å²) in [6.45, 7) is 0.200. The summed E-state index contributed by atoms with van der Waals surface area (Å²) in [6.07, 6.45) is -3.27. The summed E-state index contributed by atoms with van der Waals surface area (Å²) in [5.74, 6) is -0.454. The Morgan fingerprint density at radius 2 is 1.96 bits per heavy atom. The Hall–Kier alpha value is -1.75. The van der Waals surface area contributed by atoms with Crippen LogP contribution in [0.3, 0.4) is 0 Å². The highest BCUT2D eigenvalue weighted by molar-refractivity contribution is 14.0. The van der Waals surface area contributed by atoms with Crippen molar-refractivity contribution in [2.45, 2.75) is 12.9 Å². The fraction of sp³-hybridized carbons (Fsp3) is 0.143. The monoisotopic (exact) mass is 472 g/mol. The van der Waals surface area contributed by atoms with Gasteiger partial charge in [0.1, 0.15) is 5.15 Å². The van der Waals surface area contributed by atoms with Crippen LogP contribution in [0.25, 0.3) is 0 Å². The first-order valence-corrected chi connectivity index (χ1v) is 6.73. The van der Waals surface area contributed by atoms with E-state index in [4.69, 9.17) is 17.3 Å². The molecule has 0 aliphatic rings. The number of nitrogens with one attached hydrogen (secondary N) is 1. The lowest BCUT2D eigenvalue weighted by molar-refractivity contribution is -0.274. The number of nitrogens with zero attached hydrogens (tertiary/aromatic N) is 2. The Balaban J connectivity index is 0.00000288. The number of rotatable bonds is 4. The Kier molecular flexibility index (Phi) is 7.55. The number of hydrogen-bond acceptors (Lipinski definition) is 3. The van der Waals surface area contributed by atoms with Crippen molar-refractivity contribution < 1.29 is 17.9 Å². The second-order valence-corrected chi connectivity index (χ2v) is 4.75. The summed E-state index contributed by atoms with van der Waals surface area (Å²) < 4.78 is 40.9. The van der Waals surface area contributed by atoms with Crippen molar-refractivity contribution in [2.75, 3.05) is 5.32 Å². The second kappa shape index (κ2) is 8.92. The summed E-state index contributed by atoms with van der Waals surface area (Å²) in [5, 5.41) is 2.92. The summed E-state index contributed by atoms with van der Waals surface area (Å²) in [6, 6.07) is 8.84. The molecule has 2 aromatic rings. The van der Waals surface area contributed by atoms with Crippen molar-refractivity contribution in [3.8, 4) is 5.75 Å². The van der Waals surface area contributed by atoms with Gasteiger partial charge in [-0.2, -0.15) is 0 Å². The fourth-order valence-electron chi connectivity index (χ4n) is 1.64. The van der Waals surface area contributed by atoms with Crippen LogP contribution in [0.5, 0.6) is 5.75 Å². The molecule has 0 saturated carbocycles. The van der Waals surface area contributed by atoms with Crippen molar-refractivity contribution in [2.24, 2.45) is 10.7 Å². The van der Waals surface area contributed by atoms with E-state index in [2.05, 4.69) is 20.0 Å². The molecule has 0 radical (unpaired) electrons. The molecule has 3 N–H and O–H groups in total. The molecule has 0 spiro atoms. The van der Waals surface area contributed by atoms with Gasteiger partial charge in [-0.25, -0.2) is 9.98 Å². The van der Waals surface area contributed by atoms with Crippen LogP contribution in [0, 0.1) is 0 Å². The molecular formula is C14H13ClF3IN4O. The highest BCUT2D eigenvalue weighted by atomic mass is 127. The number of pyridine rings is 1. The maximum atomic E-state index is 12.3. The van der Waals surface area contributed by atoms with Gasteiger partial charge in [0.05, 0.1) is 12.2 Å². The van der Waals surface area contributed by atoms with E-state index in [9.17, 15) is 13.2 Å². The number of alkyl halides is 3. The van der Waals surface area contributed by atoms with Gasteiger partial charge in [-0.05, 0) is 23.8 Å². The summed E-state index contributed by atoms with van der Waals surface area (Å²) >= 11 is 5.66. The molecule has 130 valence electrons. The maximum Gasteiger partial charge on any atom is 0.573 e. The molecule has 5 nitrogen and oxygen atoms in total. The molecule has 0 amide bonds. The molecule has 0 fully saturated rings. The molecular weight excluding hydrogens is 460 g/mol. The minimum atomic E-state index is -4.79. The highest BCUT2D eigenvalue weighted by Gasteiger charge is 2.32. The van der Waals surface area contributed by atoms with Gasteiger partial charge in [-0.3, -0.25) is 0 Å².